The molecule has 0 aromatic heterocycles. The van der Waals surface area contributed by atoms with Crippen molar-refractivity contribution in [2.24, 2.45) is 23.7 Å². The molecule has 19 atom stereocenters. The molecular weight excluding hydrogens is 825 g/mol. The fourth-order valence-electron chi connectivity index (χ4n) is 11.7. The normalized spacial score (nSPS) is 49.2. The number of methoxy groups -OCH3 is 2. The molecule has 1 spiro atoms. The third-order valence-electron chi connectivity index (χ3n) is 15.4. The first kappa shape index (κ1) is 48.2. The molecule has 358 valence electrons. The van der Waals surface area contributed by atoms with Crippen LogP contribution in [0.1, 0.15) is 106 Å². The number of allylic oxidation sites excluding steroid dienone is 2. The monoisotopic (exact) mass is 899 g/mol. The molecule has 0 aromatic rings. The lowest BCUT2D eigenvalue weighted by atomic mass is 9.71. The van der Waals surface area contributed by atoms with Crippen molar-refractivity contribution in [2.45, 2.75) is 203 Å². The molecule has 0 unspecified atom stereocenters. The molecule has 1 saturated carbocycles. The van der Waals surface area contributed by atoms with Gasteiger partial charge in [0.1, 0.15) is 42.0 Å². The second-order valence-corrected chi connectivity index (χ2v) is 20.0. The number of rotatable bonds is 7. The number of hydrogen-bond acceptors (Lipinski definition) is 14. The summed E-state index contributed by atoms with van der Waals surface area (Å²) in [6.07, 6.45) is 13.8. The lowest BCUT2D eigenvalue weighted by molar-refractivity contribution is -0.318. The number of ether oxygens (including phenoxy) is 10. The summed E-state index contributed by atoms with van der Waals surface area (Å²) in [5.74, 6) is -2.32. The van der Waals surface area contributed by atoms with Crippen molar-refractivity contribution in [2.75, 3.05) is 20.8 Å². The number of aliphatic hydroxyl groups excluding tert-OH is 2. The second kappa shape index (κ2) is 20.1. The van der Waals surface area contributed by atoms with Gasteiger partial charge in [-0.25, -0.2) is 0 Å². The Kier molecular flexibility index (Phi) is 15.1. The van der Waals surface area contributed by atoms with Crippen LogP contribution in [0.3, 0.4) is 0 Å². The molecule has 6 aliphatic heterocycles. The zero-order chi connectivity index (χ0) is 45.5. The van der Waals surface area contributed by atoms with Crippen LogP contribution in [-0.4, -0.2) is 139 Å². The number of esters is 1. The van der Waals surface area contributed by atoms with Gasteiger partial charge in [-0.05, 0) is 75.7 Å². The van der Waals surface area contributed by atoms with Gasteiger partial charge in [0.25, 0.3) is 0 Å². The summed E-state index contributed by atoms with van der Waals surface area (Å²) in [6.45, 7) is 11.9. The highest BCUT2D eigenvalue weighted by Gasteiger charge is 2.60. The highest BCUT2D eigenvalue weighted by atomic mass is 16.7. The summed E-state index contributed by atoms with van der Waals surface area (Å²) in [5.41, 5.74) is 0.166. The standard InChI is InChI=1S/C50H74O14/c1-27-13-12-16-34-26-57-47-42(51)30(4)21-37(50(34,47)54)48(53)60-36-22-35(63-49(25-36)20-19-29(3)45(64-49)33-14-10-9-11-15-33)18-17-28(2)44(27)61-41-24-39(56-8)46(32(6)59-41)62-40-23-38(55-7)43(52)31(5)58-40/h12-13,16-17,19-21,27,29,31-33,35-47,51-52,54H,9-11,14-15,18,22-26H2,1-8H3/b13-12+,28-17+,34-16+/t27-,29-,31-,32-,35+,36-,37+,38-,39-,40-,41-,42+,43-,44-,45-,46-,47+,49+,50+/m0/s1. The van der Waals surface area contributed by atoms with Gasteiger partial charge in [-0.3, -0.25) is 4.79 Å². The second-order valence-electron chi connectivity index (χ2n) is 20.0. The maximum absolute atomic E-state index is 14.4. The average Bonchev–Trinajstić information content (AvgIpc) is 3.62. The van der Waals surface area contributed by atoms with E-state index >= 15 is 0 Å². The van der Waals surface area contributed by atoms with Crippen LogP contribution in [-0.2, 0) is 52.2 Å². The van der Waals surface area contributed by atoms with Crippen molar-refractivity contribution < 1.29 is 67.5 Å². The van der Waals surface area contributed by atoms with Crippen LogP contribution in [0, 0.1) is 23.7 Å². The minimum Gasteiger partial charge on any atom is -0.462 e. The SMILES string of the molecule is CO[C@H]1C[C@H](O[C@H]2[C@H](C)O[C@@H](O[C@@H]3/C(C)=C/C[C@@H]4C[C@@H](C[C@]5(C=C[C@H](C)[C@@H](C6CCCCC6)O5)O4)OC(=O)[C@H]4C=C(C)[C@@H](O)[C@H]5OC/C(=C\C=C\[C@@H]3C)[C@@]45O)C[C@@H]2OC)O[C@@H](C)[C@@H]1O. The highest BCUT2D eigenvalue weighted by Crippen LogP contribution is 2.48. The predicted octanol–water partition coefficient (Wildman–Crippen LogP) is 5.91. The molecule has 8 aliphatic rings. The lowest BCUT2D eigenvalue weighted by Crippen LogP contribution is -2.58. The zero-order valence-electron chi connectivity index (χ0n) is 39.0. The quantitative estimate of drug-likeness (QED) is 0.204. The summed E-state index contributed by atoms with van der Waals surface area (Å²) in [6, 6.07) is 0. The van der Waals surface area contributed by atoms with Crippen LogP contribution in [0.25, 0.3) is 0 Å². The molecule has 0 amide bonds. The molecule has 2 bridgehead atoms. The van der Waals surface area contributed by atoms with E-state index in [9.17, 15) is 20.1 Å². The number of carbonyl (C=O) groups excluding carboxylic acids is 1. The maximum atomic E-state index is 14.4. The number of carbonyl (C=O) groups is 1. The molecule has 14 nitrogen and oxygen atoms in total. The van der Waals surface area contributed by atoms with E-state index in [4.69, 9.17) is 47.4 Å². The first-order chi connectivity index (χ1) is 30.6. The van der Waals surface area contributed by atoms with Crippen LogP contribution in [0.2, 0.25) is 0 Å². The van der Waals surface area contributed by atoms with Crippen molar-refractivity contribution in [1.82, 2.24) is 0 Å². The van der Waals surface area contributed by atoms with Gasteiger partial charge >= 0.3 is 5.97 Å². The Balaban J connectivity index is 1.08. The van der Waals surface area contributed by atoms with E-state index in [1.54, 1.807) is 40.2 Å². The first-order valence-electron chi connectivity index (χ1n) is 24.0. The van der Waals surface area contributed by atoms with Crippen molar-refractivity contribution >= 4 is 5.97 Å². The summed E-state index contributed by atoms with van der Waals surface area (Å²) in [4.78, 5) is 14.4. The first-order valence-corrected chi connectivity index (χ1v) is 24.0. The van der Waals surface area contributed by atoms with Crippen LogP contribution in [0.4, 0.5) is 0 Å². The Hall–Kier alpha value is -2.31. The minimum absolute atomic E-state index is 0.0242. The Morgan fingerprint density at radius 3 is 2.28 bits per heavy atom. The topological polar surface area (TPSA) is 170 Å². The highest BCUT2D eigenvalue weighted by molar-refractivity contribution is 5.78. The maximum Gasteiger partial charge on any atom is 0.316 e. The van der Waals surface area contributed by atoms with Gasteiger partial charge in [0, 0.05) is 51.7 Å². The van der Waals surface area contributed by atoms with E-state index in [0.29, 0.717) is 49.2 Å². The van der Waals surface area contributed by atoms with Gasteiger partial charge < -0.3 is 62.7 Å². The van der Waals surface area contributed by atoms with E-state index in [1.165, 1.54) is 19.3 Å². The molecule has 2 aliphatic carbocycles. The van der Waals surface area contributed by atoms with Crippen molar-refractivity contribution in [3.05, 3.63) is 59.3 Å². The summed E-state index contributed by atoms with van der Waals surface area (Å²) >= 11 is 0. The lowest BCUT2D eigenvalue weighted by Gasteiger charge is -2.49. The molecule has 3 N–H and O–H groups in total. The Morgan fingerprint density at radius 2 is 1.53 bits per heavy atom. The van der Waals surface area contributed by atoms with E-state index in [1.807, 2.05) is 25.2 Å². The third-order valence-corrected chi connectivity index (χ3v) is 15.4. The van der Waals surface area contributed by atoms with Gasteiger partial charge in [-0.15, -0.1) is 0 Å². The molecule has 0 radical (unpaired) electrons. The van der Waals surface area contributed by atoms with Crippen molar-refractivity contribution in [1.29, 1.82) is 0 Å². The third kappa shape index (κ3) is 9.82. The molecule has 5 fully saturated rings. The van der Waals surface area contributed by atoms with Crippen LogP contribution >= 0.6 is 0 Å². The number of hydrogen-bond donors (Lipinski definition) is 3. The van der Waals surface area contributed by atoms with E-state index < -0.39 is 90.8 Å². The van der Waals surface area contributed by atoms with Crippen molar-refractivity contribution in [3.8, 4) is 0 Å². The van der Waals surface area contributed by atoms with Crippen LogP contribution in [0.5, 0.6) is 0 Å². The number of aliphatic hydroxyl groups is 3. The smallest absolute Gasteiger partial charge is 0.316 e. The van der Waals surface area contributed by atoms with Gasteiger partial charge in [-0.1, -0.05) is 69.6 Å². The van der Waals surface area contributed by atoms with Gasteiger partial charge in [0.2, 0.25) is 0 Å². The molecule has 4 saturated heterocycles. The number of fused-ring (bicyclic) bond motifs is 2. The minimum atomic E-state index is -1.83. The molecule has 0 aromatic carbocycles. The van der Waals surface area contributed by atoms with E-state index in [-0.39, 0.29) is 36.8 Å². The van der Waals surface area contributed by atoms with Gasteiger partial charge in [0.05, 0.1) is 49.3 Å². The Bertz CT molecular complexity index is 1790. The summed E-state index contributed by atoms with van der Waals surface area (Å²) < 4.78 is 64.1. The molecule has 6 heterocycles. The average molecular weight is 899 g/mol. The predicted molar refractivity (Wildman–Crippen MR) is 234 cm³/mol. The molecular formula is C50H74O14. The van der Waals surface area contributed by atoms with Crippen LogP contribution in [0.15, 0.2) is 59.3 Å². The summed E-state index contributed by atoms with van der Waals surface area (Å²) in [7, 11) is 3.23. The molecule has 8 rings (SSSR count). The largest absolute Gasteiger partial charge is 0.462 e. The Labute approximate surface area is 379 Å². The fraction of sp³-hybridized carbons (Fsp3) is 0.780. The Morgan fingerprint density at radius 1 is 0.812 bits per heavy atom. The van der Waals surface area contributed by atoms with Gasteiger partial charge in [0.15, 0.2) is 18.4 Å². The van der Waals surface area contributed by atoms with Crippen molar-refractivity contribution in [3.63, 3.8) is 0 Å². The van der Waals surface area contributed by atoms with E-state index in [2.05, 4.69) is 32.9 Å². The van der Waals surface area contributed by atoms with Gasteiger partial charge in [-0.2, -0.15) is 0 Å². The van der Waals surface area contributed by atoms with Crippen LogP contribution < -0.4 is 0 Å². The summed E-state index contributed by atoms with van der Waals surface area (Å²) in [5, 5.41) is 34.3. The fourth-order valence-corrected chi connectivity index (χ4v) is 11.7. The molecule has 14 heteroatoms. The van der Waals surface area contributed by atoms with E-state index in [0.717, 1.165) is 18.4 Å². The molecule has 64 heavy (non-hydrogen) atoms. The zero-order valence-corrected chi connectivity index (χ0v) is 39.0.